The van der Waals surface area contributed by atoms with Gasteiger partial charge in [-0.25, -0.2) is 13.9 Å². The van der Waals surface area contributed by atoms with E-state index in [9.17, 15) is 14.0 Å². The third-order valence-corrected chi connectivity index (χ3v) is 5.30. The maximum Gasteiger partial charge on any atom is 0.322 e. The van der Waals surface area contributed by atoms with Crippen LogP contribution in [-0.4, -0.2) is 39.2 Å². The van der Waals surface area contributed by atoms with Gasteiger partial charge >= 0.3 is 6.03 Å². The average molecular weight is 466 g/mol. The maximum atomic E-state index is 13.5. The van der Waals surface area contributed by atoms with Crippen LogP contribution in [0.4, 0.5) is 20.7 Å². The third kappa shape index (κ3) is 6.21. The molecule has 1 aromatic heterocycles. The second-order valence-electron chi connectivity index (χ2n) is 9.62. The van der Waals surface area contributed by atoms with Crippen molar-refractivity contribution in [1.29, 1.82) is 0 Å². The number of amides is 3. The summed E-state index contributed by atoms with van der Waals surface area (Å²) in [5.74, 6) is -0.296. The summed E-state index contributed by atoms with van der Waals surface area (Å²) in [6.07, 6.45) is 0. The molecule has 34 heavy (non-hydrogen) atoms. The van der Waals surface area contributed by atoms with Gasteiger partial charge in [0.1, 0.15) is 18.2 Å². The number of aryl methyl sites for hydroxylation is 1. The second kappa shape index (κ2) is 10.1. The molecule has 0 saturated heterocycles. The van der Waals surface area contributed by atoms with Crippen LogP contribution in [0.1, 0.15) is 45.9 Å². The Morgan fingerprint density at radius 1 is 1.06 bits per heavy atom. The van der Waals surface area contributed by atoms with E-state index >= 15 is 0 Å². The van der Waals surface area contributed by atoms with Crippen molar-refractivity contribution in [2.24, 2.45) is 0 Å². The third-order valence-electron chi connectivity index (χ3n) is 5.30. The number of hydrogen-bond donors (Lipinski definition) is 2. The number of nitrogens with zero attached hydrogens (tertiary/aromatic N) is 3. The standard InChI is InChI=1S/C26H32FN5O2/c1-17(2)31(25(34)28-20-9-7-8-19(27)14-20)16-24(33)29-23-15-22(26(4,5)6)30-32(23)21-12-10-18(3)11-13-21/h7-15,17H,16H2,1-6H3,(H,28,34)(H,29,33). The van der Waals surface area contributed by atoms with Crippen molar-refractivity contribution in [3.63, 3.8) is 0 Å². The number of hydrogen-bond acceptors (Lipinski definition) is 3. The molecule has 0 spiro atoms. The Kier molecular flexibility index (Phi) is 7.39. The Morgan fingerprint density at radius 2 is 1.74 bits per heavy atom. The van der Waals surface area contributed by atoms with Crippen molar-refractivity contribution in [2.75, 3.05) is 17.2 Å². The van der Waals surface area contributed by atoms with E-state index in [0.29, 0.717) is 11.5 Å². The number of aromatic nitrogens is 2. The van der Waals surface area contributed by atoms with Gasteiger partial charge in [-0.1, -0.05) is 44.5 Å². The summed E-state index contributed by atoms with van der Waals surface area (Å²) in [5, 5.41) is 10.3. The summed E-state index contributed by atoms with van der Waals surface area (Å²) in [5.41, 5.74) is 2.87. The van der Waals surface area contributed by atoms with Crippen LogP contribution in [0.5, 0.6) is 0 Å². The topological polar surface area (TPSA) is 79.3 Å². The monoisotopic (exact) mass is 465 g/mol. The minimum absolute atomic E-state index is 0.178. The summed E-state index contributed by atoms with van der Waals surface area (Å²) in [4.78, 5) is 27.2. The quantitative estimate of drug-likeness (QED) is 0.505. The summed E-state index contributed by atoms with van der Waals surface area (Å²) < 4.78 is 15.2. The Balaban J connectivity index is 1.81. The molecule has 0 bridgehead atoms. The van der Waals surface area contributed by atoms with Gasteiger partial charge in [0.2, 0.25) is 5.91 Å². The number of anilines is 2. The van der Waals surface area contributed by atoms with Crippen molar-refractivity contribution in [3.8, 4) is 5.69 Å². The van der Waals surface area contributed by atoms with Gasteiger partial charge in [0, 0.05) is 23.2 Å². The zero-order valence-electron chi connectivity index (χ0n) is 20.5. The largest absolute Gasteiger partial charge is 0.322 e. The first-order valence-electron chi connectivity index (χ1n) is 11.2. The van der Waals surface area contributed by atoms with E-state index in [1.54, 1.807) is 10.7 Å². The molecule has 2 N–H and O–H groups in total. The predicted molar refractivity (Wildman–Crippen MR) is 133 cm³/mol. The normalized spacial score (nSPS) is 11.4. The minimum Gasteiger partial charge on any atom is -0.313 e. The van der Waals surface area contributed by atoms with Crippen LogP contribution in [0.25, 0.3) is 5.69 Å². The molecule has 0 aliphatic carbocycles. The first kappa shape index (κ1) is 25.0. The van der Waals surface area contributed by atoms with Crippen LogP contribution in [0.15, 0.2) is 54.6 Å². The lowest BCUT2D eigenvalue weighted by Crippen LogP contribution is -2.44. The summed E-state index contributed by atoms with van der Waals surface area (Å²) >= 11 is 0. The lowest BCUT2D eigenvalue weighted by atomic mass is 9.92. The molecule has 8 heteroatoms. The van der Waals surface area contributed by atoms with Crippen LogP contribution >= 0.6 is 0 Å². The van der Waals surface area contributed by atoms with Crippen molar-refractivity contribution < 1.29 is 14.0 Å². The van der Waals surface area contributed by atoms with Crippen molar-refractivity contribution >= 4 is 23.4 Å². The highest BCUT2D eigenvalue weighted by molar-refractivity contribution is 5.97. The summed E-state index contributed by atoms with van der Waals surface area (Å²) in [6, 6.07) is 14.6. The fraction of sp³-hybridized carbons (Fsp3) is 0.346. The highest BCUT2D eigenvalue weighted by Gasteiger charge is 2.24. The number of carbonyl (C=O) groups excluding carboxylic acids is 2. The summed E-state index contributed by atoms with van der Waals surface area (Å²) in [7, 11) is 0. The molecule has 0 fully saturated rings. The Morgan fingerprint density at radius 3 is 2.32 bits per heavy atom. The molecule has 0 aliphatic rings. The zero-order chi connectivity index (χ0) is 25.0. The van der Waals surface area contributed by atoms with Crippen molar-refractivity contribution in [1.82, 2.24) is 14.7 Å². The lowest BCUT2D eigenvalue weighted by molar-refractivity contribution is -0.117. The highest BCUT2D eigenvalue weighted by Crippen LogP contribution is 2.26. The SMILES string of the molecule is Cc1ccc(-n2nc(C(C)(C)C)cc2NC(=O)CN(C(=O)Nc2cccc(F)c2)C(C)C)cc1. The van der Waals surface area contributed by atoms with Crippen molar-refractivity contribution in [3.05, 3.63) is 71.7 Å². The molecule has 7 nitrogen and oxygen atoms in total. The van der Waals surface area contributed by atoms with Crippen LogP contribution in [-0.2, 0) is 10.2 Å². The van der Waals surface area contributed by atoms with E-state index in [2.05, 4.69) is 31.4 Å². The number of nitrogens with one attached hydrogen (secondary N) is 2. The van der Waals surface area contributed by atoms with E-state index in [-0.39, 0.29) is 23.9 Å². The molecular weight excluding hydrogens is 433 g/mol. The van der Waals surface area contributed by atoms with Gasteiger partial charge < -0.3 is 15.5 Å². The molecule has 2 aromatic carbocycles. The molecule has 1 heterocycles. The molecule has 0 saturated carbocycles. The Hall–Kier alpha value is -3.68. The lowest BCUT2D eigenvalue weighted by Gasteiger charge is -2.26. The molecule has 3 amide bonds. The molecule has 3 aromatic rings. The fourth-order valence-corrected chi connectivity index (χ4v) is 3.31. The molecule has 3 rings (SSSR count). The predicted octanol–water partition coefficient (Wildman–Crippen LogP) is 5.50. The first-order valence-corrected chi connectivity index (χ1v) is 11.2. The Labute approximate surface area is 200 Å². The molecule has 0 aliphatic heterocycles. The van der Waals surface area contributed by atoms with Gasteiger partial charge in [-0.3, -0.25) is 4.79 Å². The fourth-order valence-electron chi connectivity index (χ4n) is 3.31. The average Bonchev–Trinajstić information content (AvgIpc) is 3.16. The molecule has 0 unspecified atom stereocenters. The first-order chi connectivity index (χ1) is 15.9. The number of halogens is 1. The second-order valence-corrected chi connectivity index (χ2v) is 9.62. The van der Waals surface area contributed by atoms with Crippen LogP contribution in [0.2, 0.25) is 0 Å². The molecular formula is C26H32FN5O2. The van der Waals surface area contributed by atoms with E-state index in [4.69, 9.17) is 5.10 Å². The number of urea groups is 1. The summed E-state index contributed by atoms with van der Waals surface area (Å²) in [6.45, 7) is 11.6. The zero-order valence-corrected chi connectivity index (χ0v) is 20.5. The van der Waals surface area contributed by atoms with Crippen LogP contribution < -0.4 is 10.6 Å². The van der Waals surface area contributed by atoms with Crippen LogP contribution in [0, 0.1) is 12.7 Å². The molecule has 0 atom stereocenters. The van der Waals surface area contributed by atoms with Gasteiger partial charge in [0.15, 0.2) is 0 Å². The Bertz CT molecular complexity index is 1160. The van der Waals surface area contributed by atoms with E-state index in [1.807, 2.05) is 51.1 Å². The smallest absolute Gasteiger partial charge is 0.313 e. The maximum absolute atomic E-state index is 13.5. The van der Waals surface area contributed by atoms with Gasteiger partial charge in [-0.15, -0.1) is 0 Å². The van der Waals surface area contributed by atoms with E-state index in [0.717, 1.165) is 16.9 Å². The van der Waals surface area contributed by atoms with E-state index < -0.39 is 11.8 Å². The van der Waals surface area contributed by atoms with Crippen molar-refractivity contribution in [2.45, 2.75) is 53.0 Å². The van der Waals surface area contributed by atoms with E-state index in [1.165, 1.54) is 23.1 Å². The van der Waals surface area contributed by atoms with Gasteiger partial charge in [-0.05, 0) is 51.1 Å². The molecule has 0 radical (unpaired) electrons. The number of rotatable bonds is 6. The highest BCUT2D eigenvalue weighted by atomic mass is 19.1. The van der Waals surface area contributed by atoms with Gasteiger partial charge in [0.05, 0.1) is 11.4 Å². The number of carbonyl (C=O) groups is 2. The number of benzene rings is 2. The van der Waals surface area contributed by atoms with Crippen LogP contribution in [0.3, 0.4) is 0 Å². The van der Waals surface area contributed by atoms with Gasteiger partial charge in [-0.2, -0.15) is 5.10 Å². The van der Waals surface area contributed by atoms with Gasteiger partial charge in [0.25, 0.3) is 0 Å². The molecule has 180 valence electrons. The minimum atomic E-state index is -0.488.